The number of hydrogen-bond acceptors (Lipinski definition) is 7. The van der Waals surface area contributed by atoms with Gasteiger partial charge in [0.2, 0.25) is 10.0 Å². The number of ether oxygens (including phenoxy) is 1. The number of fused-ring (bicyclic) bond motifs is 1. The lowest BCUT2D eigenvalue weighted by Gasteiger charge is -2.35. The fourth-order valence-corrected chi connectivity index (χ4v) is 5.80. The van der Waals surface area contributed by atoms with Gasteiger partial charge >= 0.3 is 0 Å². The van der Waals surface area contributed by atoms with E-state index in [9.17, 15) is 13.5 Å². The average Bonchev–Trinajstić information content (AvgIpc) is 3.34. The monoisotopic (exact) mass is 434 g/mol. The highest BCUT2D eigenvalue weighted by molar-refractivity contribution is 7.93. The number of hydrogen-bond donors (Lipinski definition) is 1. The van der Waals surface area contributed by atoms with Crippen LogP contribution < -0.4 is 13.9 Å². The molecule has 0 spiro atoms. The highest BCUT2D eigenvalue weighted by Gasteiger charge is 2.37. The Kier molecular flexibility index (Phi) is 5.33. The van der Waals surface area contributed by atoms with E-state index in [1.807, 2.05) is 25.4 Å². The van der Waals surface area contributed by atoms with E-state index in [4.69, 9.17) is 4.74 Å². The summed E-state index contributed by atoms with van der Waals surface area (Å²) in [7, 11) is 1.23. The minimum absolute atomic E-state index is 0.310. The highest BCUT2D eigenvalue weighted by Crippen LogP contribution is 2.39. The summed E-state index contributed by atoms with van der Waals surface area (Å²) in [5.41, 5.74) is 0.905. The van der Waals surface area contributed by atoms with Gasteiger partial charge in [-0.2, -0.15) is 10.2 Å². The lowest BCUT2D eigenvalue weighted by atomic mass is 10.1. The number of aliphatic hydroxyl groups excluding tert-OH is 1. The highest BCUT2D eigenvalue weighted by atomic mass is 32.2. The van der Waals surface area contributed by atoms with Crippen LogP contribution >= 0.6 is 0 Å². The van der Waals surface area contributed by atoms with Gasteiger partial charge in [-0.1, -0.05) is 0 Å². The van der Waals surface area contributed by atoms with Crippen LogP contribution in [0.3, 0.4) is 0 Å². The summed E-state index contributed by atoms with van der Waals surface area (Å²) in [5, 5.41) is 18.9. The predicted molar refractivity (Wildman–Crippen MR) is 114 cm³/mol. The third kappa shape index (κ3) is 3.37. The molecule has 0 atom stereocenters. The molecular weight excluding hydrogens is 408 g/mol. The molecule has 0 amide bonds. The molecule has 0 radical (unpaired) electrons. The molecule has 0 bridgehead atoms. The average molecular weight is 435 g/mol. The van der Waals surface area contributed by atoms with Gasteiger partial charge in [0.05, 0.1) is 24.1 Å². The van der Waals surface area contributed by atoms with Gasteiger partial charge in [-0.05, 0) is 25.0 Å². The number of benzene rings is 1. The first-order valence-corrected chi connectivity index (χ1v) is 11.2. The van der Waals surface area contributed by atoms with E-state index < -0.39 is 22.0 Å². The van der Waals surface area contributed by atoms with Gasteiger partial charge in [0.1, 0.15) is 18.2 Å². The number of rotatable bonds is 6. The second-order valence-corrected chi connectivity index (χ2v) is 9.53. The van der Waals surface area contributed by atoms with Crippen LogP contribution in [0.4, 0.5) is 11.5 Å². The smallest absolute Gasteiger partial charge is 0.240 e. The van der Waals surface area contributed by atoms with Crippen LogP contribution in [0.1, 0.15) is 12.8 Å². The Morgan fingerprint density at radius 3 is 2.57 bits per heavy atom. The molecule has 1 N–H and O–H groups in total. The molecule has 11 heteroatoms. The van der Waals surface area contributed by atoms with E-state index in [1.54, 1.807) is 28.7 Å². The van der Waals surface area contributed by atoms with Crippen molar-refractivity contribution in [1.29, 1.82) is 0 Å². The van der Waals surface area contributed by atoms with E-state index in [0.29, 0.717) is 42.9 Å². The molecule has 30 heavy (non-hydrogen) atoms. The summed E-state index contributed by atoms with van der Waals surface area (Å²) in [6.45, 7) is 0.476. The first kappa shape index (κ1) is 20.5. The van der Waals surface area contributed by atoms with Crippen LogP contribution in [0.5, 0.6) is 5.75 Å². The molecule has 3 heterocycles. The number of aryl methyl sites for hydroxylation is 2. The first-order chi connectivity index (χ1) is 14.4. The molecule has 1 aliphatic heterocycles. The van der Waals surface area contributed by atoms with Gasteiger partial charge in [-0.25, -0.2) is 12.7 Å². The van der Waals surface area contributed by atoms with Crippen molar-refractivity contribution in [3.05, 3.63) is 30.6 Å². The van der Waals surface area contributed by atoms with Crippen molar-refractivity contribution in [1.82, 2.24) is 19.6 Å². The first-order valence-electron chi connectivity index (χ1n) is 9.72. The molecule has 3 aromatic rings. The molecule has 1 fully saturated rings. The van der Waals surface area contributed by atoms with E-state index in [1.165, 1.54) is 7.11 Å². The summed E-state index contributed by atoms with van der Waals surface area (Å²) < 4.78 is 36.9. The molecule has 0 saturated carbocycles. The van der Waals surface area contributed by atoms with E-state index in [0.717, 1.165) is 15.5 Å². The van der Waals surface area contributed by atoms with Gasteiger partial charge in [0, 0.05) is 44.8 Å². The molecule has 1 aliphatic rings. The maximum absolute atomic E-state index is 13.6. The number of piperidine rings is 1. The van der Waals surface area contributed by atoms with Crippen molar-refractivity contribution in [3.8, 4) is 5.75 Å². The van der Waals surface area contributed by atoms with E-state index in [2.05, 4.69) is 15.1 Å². The van der Waals surface area contributed by atoms with Crippen molar-refractivity contribution in [2.24, 2.45) is 14.1 Å². The molecule has 0 unspecified atom stereocenters. The molecule has 1 aromatic carbocycles. The maximum atomic E-state index is 13.6. The third-order valence-corrected chi connectivity index (χ3v) is 7.86. The van der Waals surface area contributed by atoms with Gasteiger partial charge in [0.15, 0.2) is 5.82 Å². The standard InChI is InChI=1S/C19H26N6O4S/c1-22-9-8-17(21-22)24-10-6-15(7-11-24)30(27,28)25(13-26)19-16(29-3)5-4-14-12-20-23(2)18(14)19/h4-5,8-9,12,15,26H,6-7,10-11,13H2,1-3H3. The number of sulfonamides is 1. The van der Waals surface area contributed by atoms with Gasteiger partial charge < -0.3 is 14.7 Å². The fourth-order valence-electron chi connectivity index (χ4n) is 4.05. The van der Waals surface area contributed by atoms with Crippen molar-refractivity contribution in [3.63, 3.8) is 0 Å². The van der Waals surface area contributed by atoms with Crippen molar-refractivity contribution >= 4 is 32.4 Å². The van der Waals surface area contributed by atoms with Crippen LogP contribution in [0.2, 0.25) is 0 Å². The zero-order valence-corrected chi connectivity index (χ0v) is 18.1. The number of aromatic nitrogens is 4. The SMILES string of the molecule is COc1ccc2cnn(C)c2c1N(CO)S(=O)(=O)C1CCN(c2ccn(C)n2)CC1. The quantitative estimate of drug-likeness (QED) is 0.579. The predicted octanol–water partition coefficient (Wildman–Crippen LogP) is 1.07. The van der Waals surface area contributed by atoms with Crippen molar-refractivity contribution in [2.75, 3.05) is 36.1 Å². The summed E-state index contributed by atoms with van der Waals surface area (Å²) in [4.78, 5) is 2.08. The summed E-state index contributed by atoms with van der Waals surface area (Å²) in [6, 6.07) is 5.43. The third-order valence-electron chi connectivity index (χ3n) is 5.63. The Hall–Kier alpha value is -2.79. The second kappa shape index (κ2) is 7.80. The molecule has 10 nitrogen and oxygen atoms in total. The van der Waals surface area contributed by atoms with Gasteiger partial charge in [0.25, 0.3) is 0 Å². The van der Waals surface area contributed by atoms with Gasteiger partial charge in [-0.3, -0.25) is 9.36 Å². The number of methoxy groups -OCH3 is 1. The molecule has 1 saturated heterocycles. The minimum Gasteiger partial charge on any atom is -0.494 e. The van der Waals surface area contributed by atoms with Crippen molar-refractivity contribution in [2.45, 2.75) is 18.1 Å². The topological polar surface area (TPSA) is 106 Å². The largest absolute Gasteiger partial charge is 0.494 e. The Labute approximate surface area is 175 Å². The molecule has 4 rings (SSSR count). The zero-order chi connectivity index (χ0) is 21.5. The summed E-state index contributed by atoms with van der Waals surface area (Å²) in [6.07, 6.45) is 4.41. The lowest BCUT2D eigenvalue weighted by molar-refractivity contribution is 0.306. The van der Waals surface area contributed by atoms with Crippen molar-refractivity contribution < 1.29 is 18.3 Å². The van der Waals surface area contributed by atoms with Crippen LogP contribution in [0.25, 0.3) is 10.9 Å². The van der Waals surface area contributed by atoms with Crippen LogP contribution in [0, 0.1) is 0 Å². The number of aliphatic hydroxyl groups is 1. The zero-order valence-electron chi connectivity index (χ0n) is 17.3. The maximum Gasteiger partial charge on any atom is 0.240 e. The van der Waals surface area contributed by atoms with Gasteiger partial charge in [-0.15, -0.1) is 0 Å². The second-order valence-electron chi connectivity index (χ2n) is 7.39. The number of anilines is 2. The van der Waals surface area contributed by atoms with E-state index >= 15 is 0 Å². The Bertz CT molecular complexity index is 1150. The summed E-state index contributed by atoms with van der Waals surface area (Å²) >= 11 is 0. The Balaban J connectivity index is 1.65. The van der Waals surface area contributed by atoms with E-state index in [-0.39, 0.29) is 0 Å². The molecule has 162 valence electrons. The Morgan fingerprint density at radius 2 is 1.97 bits per heavy atom. The lowest BCUT2D eigenvalue weighted by Crippen LogP contribution is -2.46. The van der Waals surface area contributed by atoms with Crippen LogP contribution in [-0.4, -0.2) is 65.3 Å². The van der Waals surface area contributed by atoms with Crippen LogP contribution in [0.15, 0.2) is 30.6 Å². The summed E-state index contributed by atoms with van der Waals surface area (Å²) in [5.74, 6) is 1.21. The fraction of sp³-hybridized carbons (Fsp3) is 0.474. The molecule has 2 aromatic heterocycles. The van der Waals surface area contributed by atoms with Crippen LogP contribution in [-0.2, 0) is 24.1 Å². The molecule has 0 aliphatic carbocycles. The Morgan fingerprint density at radius 1 is 1.23 bits per heavy atom. The number of nitrogens with zero attached hydrogens (tertiary/aromatic N) is 6. The normalized spacial score (nSPS) is 15.7. The minimum atomic E-state index is -3.84. The molecular formula is C19H26N6O4S.